The fourth-order valence-corrected chi connectivity index (χ4v) is 2.84. The Morgan fingerprint density at radius 1 is 1.27 bits per heavy atom. The standard InChI is InChI=1S/C17H34O4Si/c1-13(10-9-11-20-15(3)18)16(19)14(2)12-21-22(7,8)17(4,5)6/h9-10,13-14,16,19H,11-12H2,1-8H3/b10-9+/t13-,14-,16-/m0/s1. The number of carbonyl (C=O) groups is 1. The molecule has 0 aliphatic heterocycles. The Labute approximate surface area is 137 Å². The highest BCUT2D eigenvalue weighted by Gasteiger charge is 2.37. The number of ether oxygens (including phenoxy) is 1. The van der Waals surface area contributed by atoms with Gasteiger partial charge in [0.05, 0.1) is 6.10 Å². The number of hydrogen-bond donors (Lipinski definition) is 1. The lowest BCUT2D eigenvalue weighted by atomic mass is 9.94. The van der Waals surface area contributed by atoms with Gasteiger partial charge in [-0.25, -0.2) is 0 Å². The lowest BCUT2D eigenvalue weighted by molar-refractivity contribution is -0.139. The van der Waals surface area contributed by atoms with Gasteiger partial charge in [0.1, 0.15) is 6.61 Å². The van der Waals surface area contributed by atoms with Crippen molar-refractivity contribution >= 4 is 14.3 Å². The molecular formula is C17H34O4Si. The second kappa shape index (κ2) is 8.84. The van der Waals surface area contributed by atoms with Crippen LogP contribution in [0, 0.1) is 11.8 Å². The van der Waals surface area contributed by atoms with Crippen molar-refractivity contribution in [1.29, 1.82) is 0 Å². The molecule has 0 aliphatic carbocycles. The maximum Gasteiger partial charge on any atom is 0.302 e. The third-order valence-corrected chi connectivity index (χ3v) is 8.96. The zero-order valence-corrected chi connectivity index (χ0v) is 16.5. The van der Waals surface area contributed by atoms with Crippen LogP contribution in [0.5, 0.6) is 0 Å². The van der Waals surface area contributed by atoms with Gasteiger partial charge in [-0.15, -0.1) is 0 Å². The Morgan fingerprint density at radius 2 is 1.82 bits per heavy atom. The van der Waals surface area contributed by atoms with Gasteiger partial charge in [0.25, 0.3) is 0 Å². The number of carbonyl (C=O) groups excluding carboxylic acids is 1. The van der Waals surface area contributed by atoms with Gasteiger partial charge < -0.3 is 14.3 Å². The summed E-state index contributed by atoms with van der Waals surface area (Å²) in [6.07, 6.45) is 3.19. The Hall–Kier alpha value is -0.653. The monoisotopic (exact) mass is 330 g/mol. The molecule has 0 spiro atoms. The van der Waals surface area contributed by atoms with Crippen molar-refractivity contribution < 1.29 is 19.1 Å². The molecule has 130 valence electrons. The summed E-state index contributed by atoms with van der Waals surface area (Å²) >= 11 is 0. The molecule has 4 nitrogen and oxygen atoms in total. The van der Waals surface area contributed by atoms with Crippen molar-refractivity contribution in [3.8, 4) is 0 Å². The number of aliphatic hydroxyl groups excluding tert-OH is 1. The van der Waals surface area contributed by atoms with Crippen LogP contribution in [-0.2, 0) is 14.0 Å². The number of esters is 1. The van der Waals surface area contributed by atoms with Crippen molar-refractivity contribution in [2.45, 2.75) is 65.8 Å². The average Bonchev–Trinajstić information content (AvgIpc) is 2.38. The minimum absolute atomic E-state index is 0.00595. The lowest BCUT2D eigenvalue weighted by Gasteiger charge is -2.37. The van der Waals surface area contributed by atoms with E-state index in [9.17, 15) is 9.90 Å². The van der Waals surface area contributed by atoms with Gasteiger partial charge in [0.15, 0.2) is 8.32 Å². The lowest BCUT2D eigenvalue weighted by Crippen LogP contribution is -2.43. The first-order valence-electron chi connectivity index (χ1n) is 8.00. The average molecular weight is 331 g/mol. The second-order valence-corrected chi connectivity index (χ2v) is 12.4. The van der Waals surface area contributed by atoms with Crippen LogP contribution in [0.4, 0.5) is 0 Å². The number of hydrogen-bond acceptors (Lipinski definition) is 4. The molecule has 0 aromatic carbocycles. The third kappa shape index (κ3) is 7.56. The molecule has 22 heavy (non-hydrogen) atoms. The molecule has 0 aromatic rings. The van der Waals surface area contributed by atoms with E-state index in [1.54, 1.807) is 6.08 Å². The minimum Gasteiger partial charge on any atom is -0.462 e. The van der Waals surface area contributed by atoms with E-state index in [0.717, 1.165) is 0 Å². The van der Waals surface area contributed by atoms with E-state index in [0.29, 0.717) is 6.61 Å². The SMILES string of the molecule is CC(=O)OC/C=C/[C@H](C)[C@H](O)[C@@H](C)CO[Si](C)(C)C(C)(C)C. The Balaban J connectivity index is 4.36. The Morgan fingerprint density at radius 3 is 2.27 bits per heavy atom. The molecular weight excluding hydrogens is 296 g/mol. The summed E-state index contributed by atoms with van der Waals surface area (Å²) in [6, 6.07) is 0. The summed E-state index contributed by atoms with van der Waals surface area (Å²) in [4.78, 5) is 10.7. The van der Waals surface area contributed by atoms with Crippen molar-refractivity contribution in [1.82, 2.24) is 0 Å². The largest absolute Gasteiger partial charge is 0.462 e. The Bertz CT molecular complexity index is 371. The van der Waals surface area contributed by atoms with Crippen LogP contribution in [-0.4, -0.2) is 38.7 Å². The van der Waals surface area contributed by atoms with Crippen molar-refractivity contribution in [3.05, 3.63) is 12.2 Å². The highest BCUT2D eigenvalue weighted by atomic mass is 28.4. The fraction of sp³-hybridized carbons (Fsp3) is 0.824. The normalized spacial score (nSPS) is 17.3. The summed E-state index contributed by atoms with van der Waals surface area (Å²) in [7, 11) is -1.78. The summed E-state index contributed by atoms with van der Waals surface area (Å²) in [6.45, 7) is 17.2. The minimum atomic E-state index is -1.78. The first-order chi connectivity index (χ1) is 9.88. The van der Waals surface area contributed by atoms with E-state index in [4.69, 9.17) is 9.16 Å². The van der Waals surface area contributed by atoms with E-state index in [2.05, 4.69) is 33.9 Å². The van der Waals surface area contributed by atoms with Gasteiger partial charge in [-0.3, -0.25) is 4.79 Å². The van der Waals surface area contributed by atoms with Crippen LogP contribution in [0.15, 0.2) is 12.2 Å². The van der Waals surface area contributed by atoms with Crippen LogP contribution >= 0.6 is 0 Å². The van der Waals surface area contributed by atoms with Gasteiger partial charge in [0.2, 0.25) is 0 Å². The zero-order chi connectivity index (χ0) is 17.6. The molecule has 0 aliphatic rings. The van der Waals surface area contributed by atoms with E-state index in [1.807, 2.05) is 19.9 Å². The number of rotatable bonds is 8. The maximum atomic E-state index is 10.7. The highest BCUT2D eigenvalue weighted by molar-refractivity contribution is 6.74. The smallest absolute Gasteiger partial charge is 0.302 e. The Kier molecular flexibility index (Phi) is 8.58. The summed E-state index contributed by atoms with van der Waals surface area (Å²) in [5, 5.41) is 10.5. The second-order valence-electron chi connectivity index (χ2n) is 7.63. The highest BCUT2D eigenvalue weighted by Crippen LogP contribution is 2.37. The van der Waals surface area contributed by atoms with Crippen LogP contribution in [0.1, 0.15) is 41.5 Å². The van der Waals surface area contributed by atoms with E-state index >= 15 is 0 Å². The molecule has 0 amide bonds. The quantitative estimate of drug-likeness (QED) is 0.418. The summed E-state index contributed by atoms with van der Waals surface area (Å²) < 4.78 is 11.0. The third-order valence-electron chi connectivity index (χ3n) is 4.46. The van der Waals surface area contributed by atoms with Crippen molar-refractivity contribution in [2.75, 3.05) is 13.2 Å². The fourth-order valence-electron chi connectivity index (χ4n) is 1.72. The molecule has 3 atom stereocenters. The molecule has 0 radical (unpaired) electrons. The van der Waals surface area contributed by atoms with Gasteiger partial charge >= 0.3 is 5.97 Å². The molecule has 1 N–H and O–H groups in total. The van der Waals surface area contributed by atoms with Crippen LogP contribution in [0.3, 0.4) is 0 Å². The predicted octanol–water partition coefficient (Wildman–Crippen LogP) is 3.76. The first kappa shape index (κ1) is 21.3. The van der Waals surface area contributed by atoms with E-state index in [-0.39, 0.29) is 29.5 Å². The molecule has 0 saturated heterocycles. The predicted molar refractivity (Wildman–Crippen MR) is 93.3 cm³/mol. The molecule has 0 saturated carbocycles. The topological polar surface area (TPSA) is 55.8 Å². The van der Waals surface area contributed by atoms with Crippen molar-refractivity contribution in [3.63, 3.8) is 0 Å². The van der Waals surface area contributed by atoms with Crippen LogP contribution < -0.4 is 0 Å². The van der Waals surface area contributed by atoms with Gasteiger partial charge in [-0.2, -0.15) is 0 Å². The van der Waals surface area contributed by atoms with Gasteiger partial charge in [-0.05, 0) is 18.1 Å². The van der Waals surface area contributed by atoms with Gasteiger partial charge in [-0.1, -0.05) is 46.8 Å². The van der Waals surface area contributed by atoms with Crippen LogP contribution in [0.2, 0.25) is 18.1 Å². The van der Waals surface area contributed by atoms with Crippen molar-refractivity contribution in [2.24, 2.45) is 11.8 Å². The molecule has 0 heterocycles. The summed E-state index contributed by atoms with van der Waals surface area (Å²) in [5.41, 5.74) is 0. The molecule has 0 fully saturated rings. The first-order valence-corrected chi connectivity index (χ1v) is 10.9. The molecule has 0 rings (SSSR count). The van der Waals surface area contributed by atoms with Crippen LogP contribution in [0.25, 0.3) is 0 Å². The maximum absolute atomic E-state index is 10.7. The summed E-state index contributed by atoms with van der Waals surface area (Å²) in [5.74, 6) is -0.245. The molecule has 0 bridgehead atoms. The zero-order valence-electron chi connectivity index (χ0n) is 15.5. The van der Waals surface area contributed by atoms with E-state index < -0.39 is 14.4 Å². The molecule has 0 aromatic heterocycles. The number of aliphatic hydroxyl groups is 1. The molecule has 0 unspecified atom stereocenters. The van der Waals surface area contributed by atoms with E-state index in [1.165, 1.54) is 6.92 Å². The van der Waals surface area contributed by atoms with Gasteiger partial charge in [0, 0.05) is 25.4 Å². The molecule has 5 heteroatoms.